The van der Waals surface area contributed by atoms with E-state index >= 15 is 0 Å². The molecule has 140 valence electrons. The van der Waals surface area contributed by atoms with Gasteiger partial charge in [-0.3, -0.25) is 14.2 Å². The van der Waals surface area contributed by atoms with Gasteiger partial charge in [0, 0.05) is 17.6 Å². The van der Waals surface area contributed by atoms with Gasteiger partial charge in [0.25, 0.3) is 5.56 Å². The summed E-state index contributed by atoms with van der Waals surface area (Å²) in [5.74, 6) is 0.107. The minimum Gasteiger partial charge on any atom is -0.325 e. The third-order valence-electron chi connectivity index (χ3n) is 4.79. The summed E-state index contributed by atoms with van der Waals surface area (Å²) in [7, 11) is 1.74. The van der Waals surface area contributed by atoms with Crippen LogP contribution >= 0.6 is 23.1 Å². The van der Waals surface area contributed by atoms with Crippen molar-refractivity contribution in [3.05, 3.63) is 50.6 Å². The quantitative estimate of drug-likeness (QED) is 0.534. The molecule has 0 radical (unpaired) electrons. The highest BCUT2D eigenvalue weighted by atomic mass is 32.2. The average Bonchev–Trinajstić information content (AvgIpc) is 3.02. The number of nitrogens with zero attached hydrogens (tertiary/aromatic N) is 2. The molecule has 5 nitrogen and oxygen atoms in total. The number of hydrogen-bond donors (Lipinski definition) is 1. The van der Waals surface area contributed by atoms with Gasteiger partial charge in [0.2, 0.25) is 5.91 Å². The number of rotatable bonds is 4. The second-order valence-corrected chi connectivity index (χ2v) is 8.88. The fourth-order valence-electron chi connectivity index (χ4n) is 3.45. The maximum atomic E-state index is 12.9. The third-order valence-corrected chi connectivity index (χ3v) is 7.01. The number of benzene rings is 1. The Balaban J connectivity index is 1.54. The lowest BCUT2D eigenvalue weighted by Gasteiger charge is -2.11. The van der Waals surface area contributed by atoms with Crippen molar-refractivity contribution in [3.8, 4) is 0 Å². The van der Waals surface area contributed by atoms with Crippen molar-refractivity contribution in [2.75, 3.05) is 11.1 Å². The van der Waals surface area contributed by atoms with E-state index in [-0.39, 0.29) is 17.2 Å². The summed E-state index contributed by atoms with van der Waals surface area (Å²) >= 11 is 2.94. The predicted octanol–water partition coefficient (Wildman–Crippen LogP) is 3.91. The lowest BCUT2D eigenvalue weighted by molar-refractivity contribution is -0.113. The number of aromatic nitrogens is 2. The molecule has 0 bridgehead atoms. The molecule has 0 unspecified atom stereocenters. The van der Waals surface area contributed by atoms with Crippen molar-refractivity contribution in [3.63, 3.8) is 0 Å². The largest absolute Gasteiger partial charge is 0.325 e. The summed E-state index contributed by atoms with van der Waals surface area (Å²) in [6, 6.07) is 7.69. The molecule has 0 aliphatic heterocycles. The van der Waals surface area contributed by atoms with Crippen LogP contribution in [0.15, 0.2) is 34.2 Å². The molecule has 1 N–H and O–H groups in total. The fraction of sp³-hybridized carbons (Fsp3) is 0.350. The molecule has 1 amide bonds. The zero-order valence-corrected chi connectivity index (χ0v) is 17.0. The summed E-state index contributed by atoms with van der Waals surface area (Å²) in [5, 5.41) is 4.26. The summed E-state index contributed by atoms with van der Waals surface area (Å²) < 4.78 is 1.58. The number of thiophene rings is 1. The van der Waals surface area contributed by atoms with Crippen molar-refractivity contribution < 1.29 is 4.79 Å². The summed E-state index contributed by atoms with van der Waals surface area (Å²) in [6.45, 7) is 1.99. The zero-order chi connectivity index (χ0) is 19.0. The molecule has 7 heteroatoms. The van der Waals surface area contributed by atoms with E-state index in [9.17, 15) is 9.59 Å². The molecular formula is C20H21N3O2S2. The molecule has 1 aliphatic rings. The van der Waals surface area contributed by atoms with Gasteiger partial charge in [-0.25, -0.2) is 4.98 Å². The Hall–Kier alpha value is -2.12. The topological polar surface area (TPSA) is 64.0 Å². The Labute approximate surface area is 165 Å². The number of carbonyl (C=O) groups excluding carboxylic acids is 1. The van der Waals surface area contributed by atoms with Gasteiger partial charge in [0.15, 0.2) is 5.16 Å². The van der Waals surface area contributed by atoms with Gasteiger partial charge < -0.3 is 5.32 Å². The van der Waals surface area contributed by atoms with Gasteiger partial charge in [-0.05, 0) is 55.9 Å². The fourth-order valence-corrected chi connectivity index (χ4v) is 5.52. The normalized spacial score (nSPS) is 13.6. The van der Waals surface area contributed by atoms with E-state index in [0.717, 1.165) is 40.7 Å². The first-order chi connectivity index (χ1) is 13.0. The number of hydrogen-bond acceptors (Lipinski definition) is 5. The first-order valence-electron chi connectivity index (χ1n) is 9.03. The minimum atomic E-state index is -0.106. The molecule has 27 heavy (non-hydrogen) atoms. The summed E-state index contributed by atoms with van der Waals surface area (Å²) in [6.07, 6.45) is 4.33. The minimum absolute atomic E-state index is 0.000919. The Bertz CT molecular complexity index is 1080. The Morgan fingerprint density at radius 3 is 2.96 bits per heavy atom. The van der Waals surface area contributed by atoms with Crippen LogP contribution in [0.5, 0.6) is 0 Å². The highest BCUT2D eigenvalue weighted by molar-refractivity contribution is 7.99. The van der Waals surface area contributed by atoms with Crippen LogP contribution in [0.2, 0.25) is 0 Å². The van der Waals surface area contributed by atoms with Crippen molar-refractivity contribution in [2.24, 2.45) is 7.05 Å². The first-order valence-corrected chi connectivity index (χ1v) is 10.8. The van der Waals surface area contributed by atoms with Gasteiger partial charge in [0.05, 0.1) is 11.1 Å². The Kier molecular flexibility index (Phi) is 5.06. The number of anilines is 1. The standard InChI is InChI=1S/C20H21N3O2S2/c1-12-6-5-7-13(10-12)21-16(24)11-26-20-22-18-17(19(25)23(20)2)14-8-3-4-9-15(14)27-18/h5-7,10H,3-4,8-9,11H2,1-2H3,(H,21,24). The number of fused-ring (bicyclic) bond motifs is 3. The lowest BCUT2D eigenvalue weighted by Crippen LogP contribution is -2.22. The van der Waals surface area contributed by atoms with E-state index in [1.165, 1.54) is 28.6 Å². The molecule has 0 atom stereocenters. The SMILES string of the molecule is Cc1cccc(NC(=O)CSc2nc3sc4c(c3c(=O)n2C)CCCC4)c1. The van der Waals surface area contributed by atoms with Crippen LogP contribution in [0, 0.1) is 6.92 Å². The highest BCUT2D eigenvalue weighted by Gasteiger charge is 2.21. The van der Waals surface area contributed by atoms with Gasteiger partial charge in [-0.15, -0.1) is 11.3 Å². The van der Waals surface area contributed by atoms with Crippen LogP contribution in [-0.2, 0) is 24.7 Å². The zero-order valence-electron chi connectivity index (χ0n) is 15.4. The average molecular weight is 400 g/mol. The highest BCUT2D eigenvalue weighted by Crippen LogP contribution is 2.34. The van der Waals surface area contributed by atoms with Crippen LogP contribution < -0.4 is 10.9 Å². The van der Waals surface area contributed by atoms with Crippen molar-refractivity contribution >= 4 is 44.9 Å². The van der Waals surface area contributed by atoms with Crippen LogP contribution in [0.1, 0.15) is 28.8 Å². The number of nitrogens with one attached hydrogen (secondary N) is 1. The number of amides is 1. The summed E-state index contributed by atoms with van der Waals surface area (Å²) in [5.41, 5.74) is 3.07. The van der Waals surface area contributed by atoms with Crippen LogP contribution in [0.25, 0.3) is 10.2 Å². The van der Waals surface area contributed by atoms with Crippen LogP contribution in [-0.4, -0.2) is 21.2 Å². The molecule has 0 saturated carbocycles. The van der Waals surface area contributed by atoms with Crippen molar-refractivity contribution in [1.29, 1.82) is 0 Å². The smallest absolute Gasteiger partial charge is 0.262 e. The van der Waals surface area contributed by atoms with E-state index in [2.05, 4.69) is 5.32 Å². The molecule has 1 aliphatic carbocycles. The molecule has 3 aromatic rings. The van der Waals surface area contributed by atoms with E-state index in [1.807, 2.05) is 31.2 Å². The number of carbonyl (C=O) groups is 1. The molecule has 2 heterocycles. The first kappa shape index (κ1) is 18.3. The third kappa shape index (κ3) is 3.66. The molecular weight excluding hydrogens is 378 g/mol. The van der Waals surface area contributed by atoms with Gasteiger partial charge >= 0.3 is 0 Å². The second-order valence-electron chi connectivity index (χ2n) is 6.86. The second kappa shape index (κ2) is 7.48. The molecule has 0 spiro atoms. The molecule has 4 rings (SSSR count). The maximum Gasteiger partial charge on any atom is 0.262 e. The Morgan fingerprint density at radius 2 is 2.15 bits per heavy atom. The number of aryl methyl sites for hydroxylation is 3. The molecule has 2 aromatic heterocycles. The lowest BCUT2D eigenvalue weighted by atomic mass is 9.97. The van der Waals surface area contributed by atoms with Gasteiger partial charge in [-0.2, -0.15) is 0 Å². The van der Waals surface area contributed by atoms with Gasteiger partial charge in [-0.1, -0.05) is 23.9 Å². The van der Waals surface area contributed by atoms with Crippen molar-refractivity contribution in [1.82, 2.24) is 9.55 Å². The van der Waals surface area contributed by atoms with Crippen LogP contribution in [0.3, 0.4) is 0 Å². The number of thioether (sulfide) groups is 1. The maximum absolute atomic E-state index is 12.9. The molecule has 0 saturated heterocycles. The molecule has 1 aromatic carbocycles. The van der Waals surface area contributed by atoms with E-state index in [1.54, 1.807) is 23.0 Å². The van der Waals surface area contributed by atoms with E-state index in [0.29, 0.717) is 5.16 Å². The van der Waals surface area contributed by atoms with Crippen LogP contribution in [0.4, 0.5) is 5.69 Å². The summed E-state index contributed by atoms with van der Waals surface area (Å²) in [4.78, 5) is 32.0. The molecule has 0 fully saturated rings. The monoisotopic (exact) mass is 399 g/mol. The predicted molar refractivity (Wildman–Crippen MR) is 112 cm³/mol. The van der Waals surface area contributed by atoms with Gasteiger partial charge in [0.1, 0.15) is 4.83 Å². The van der Waals surface area contributed by atoms with Crippen molar-refractivity contribution in [2.45, 2.75) is 37.8 Å². The Morgan fingerprint density at radius 1 is 1.33 bits per heavy atom. The van der Waals surface area contributed by atoms with E-state index < -0.39 is 0 Å². The van der Waals surface area contributed by atoms with E-state index in [4.69, 9.17) is 4.98 Å².